The highest BCUT2D eigenvalue weighted by atomic mass is 32.1. The lowest BCUT2D eigenvalue weighted by Crippen LogP contribution is -2.58. The maximum atomic E-state index is 12.1. The van der Waals surface area contributed by atoms with Crippen molar-refractivity contribution in [1.29, 1.82) is 0 Å². The lowest BCUT2D eigenvalue weighted by Gasteiger charge is -2.35. The summed E-state index contributed by atoms with van der Waals surface area (Å²) in [4.78, 5) is 31.5. The van der Waals surface area contributed by atoms with Crippen LogP contribution in [0.4, 0.5) is 0 Å². The average molecular weight is 295 g/mol. The molecule has 110 valence electrons. The molecule has 0 spiro atoms. The highest BCUT2D eigenvalue weighted by molar-refractivity contribution is 7.11. The van der Waals surface area contributed by atoms with Gasteiger partial charge >= 0.3 is 0 Å². The summed E-state index contributed by atoms with van der Waals surface area (Å²) < 4.78 is 0. The van der Waals surface area contributed by atoms with Crippen LogP contribution >= 0.6 is 11.3 Å². The van der Waals surface area contributed by atoms with E-state index in [1.54, 1.807) is 16.2 Å². The Balaban J connectivity index is 2.19. The van der Waals surface area contributed by atoms with Crippen LogP contribution in [0.15, 0.2) is 0 Å². The number of hydrogen-bond acceptors (Lipinski definition) is 4. The summed E-state index contributed by atoms with van der Waals surface area (Å²) in [6, 6.07) is -0.374. The zero-order valence-electron chi connectivity index (χ0n) is 12.4. The highest BCUT2D eigenvalue weighted by Crippen LogP contribution is 2.22. The summed E-state index contributed by atoms with van der Waals surface area (Å²) in [5, 5.41) is 3.57. The molecule has 0 radical (unpaired) electrons. The number of rotatable bonds is 4. The fraction of sp³-hybridized carbons (Fsp3) is 0.643. The van der Waals surface area contributed by atoms with Gasteiger partial charge in [-0.05, 0) is 26.2 Å². The summed E-state index contributed by atoms with van der Waals surface area (Å²) in [6.45, 7) is 8.63. The van der Waals surface area contributed by atoms with Gasteiger partial charge in [0.05, 0.1) is 18.8 Å². The topological polar surface area (TPSA) is 62.3 Å². The minimum absolute atomic E-state index is 0.0271. The van der Waals surface area contributed by atoms with E-state index in [1.165, 1.54) is 0 Å². The third kappa shape index (κ3) is 3.17. The second-order valence-electron chi connectivity index (χ2n) is 5.63. The first-order valence-electron chi connectivity index (χ1n) is 6.88. The van der Waals surface area contributed by atoms with Gasteiger partial charge in [0.25, 0.3) is 0 Å². The molecular formula is C14H21N3O2S. The van der Waals surface area contributed by atoms with E-state index in [0.29, 0.717) is 18.9 Å². The molecule has 1 fully saturated rings. The number of carbonyl (C=O) groups excluding carboxylic acids is 2. The van der Waals surface area contributed by atoms with Gasteiger partial charge in [0, 0.05) is 4.88 Å². The van der Waals surface area contributed by atoms with Gasteiger partial charge in [-0.3, -0.25) is 9.59 Å². The van der Waals surface area contributed by atoms with E-state index in [2.05, 4.69) is 24.1 Å². The zero-order valence-corrected chi connectivity index (χ0v) is 13.2. The molecule has 0 bridgehead atoms. The molecule has 0 aliphatic carbocycles. The quantitative estimate of drug-likeness (QED) is 0.918. The first kappa shape index (κ1) is 15.0. The van der Waals surface area contributed by atoms with Crippen LogP contribution in [-0.2, 0) is 16.1 Å². The summed E-state index contributed by atoms with van der Waals surface area (Å²) >= 11 is 1.60. The summed E-state index contributed by atoms with van der Waals surface area (Å²) in [5.74, 6) is 0.281. The Morgan fingerprint density at radius 2 is 2.10 bits per heavy atom. The molecule has 20 heavy (non-hydrogen) atoms. The van der Waals surface area contributed by atoms with Gasteiger partial charge < -0.3 is 10.2 Å². The second-order valence-corrected chi connectivity index (χ2v) is 6.92. The van der Waals surface area contributed by atoms with Gasteiger partial charge in [-0.25, -0.2) is 4.98 Å². The van der Waals surface area contributed by atoms with Crippen LogP contribution in [0.1, 0.15) is 35.8 Å². The number of piperazine rings is 1. The van der Waals surface area contributed by atoms with E-state index in [1.807, 2.05) is 13.8 Å². The number of aromatic nitrogens is 1. The predicted octanol–water partition coefficient (Wildman–Crippen LogP) is 1.63. The number of thiazole rings is 1. The Bertz CT molecular complexity index is 505. The minimum atomic E-state index is -0.374. The SMILES string of the molecule is Cc1nc(CN2C(=O)CNC(=O)C2CC(C)C)sc1C. The number of amides is 2. The third-order valence-electron chi connectivity index (χ3n) is 3.49. The van der Waals surface area contributed by atoms with Crippen molar-refractivity contribution in [2.75, 3.05) is 6.54 Å². The van der Waals surface area contributed by atoms with Crippen LogP contribution in [0.25, 0.3) is 0 Å². The maximum absolute atomic E-state index is 12.1. The molecule has 1 aliphatic rings. The molecule has 1 saturated heterocycles. The number of nitrogens with one attached hydrogen (secondary N) is 1. The summed E-state index contributed by atoms with van der Waals surface area (Å²) in [5.41, 5.74) is 0.999. The molecule has 1 aliphatic heterocycles. The molecule has 1 unspecified atom stereocenters. The molecule has 6 heteroatoms. The van der Waals surface area contributed by atoms with E-state index in [0.717, 1.165) is 15.6 Å². The van der Waals surface area contributed by atoms with Crippen LogP contribution < -0.4 is 5.32 Å². The Hall–Kier alpha value is -1.43. The molecule has 0 aromatic carbocycles. The molecule has 2 rings (SSSR count). The number of hydrogen-bond donors (Lipinski definition) is 1. The number of carbonyl (C=O) groups is 2. The van der Waals surface area contributed by atoms with Crippen LogP contribution in [0.2, 0.25) is 0 Å². The van der Waals surface area contributed by atoms with Gasteiger partial charge in [-0.1, -0.05) is 13.8 Å². The molecule has 5 nitrogen and oxygen atoms in total. The van der Waals surface area contributed by atoms with Crippen molar-refractivity contribution < 1.29 is 9.59 Å². The Labute approximate surface area is 123 Å². The van der Waals surface area contributed by atoms with Crippen LogP contribution in [-0.4, -0.2) is 34.3 Å². The third-order valence-corrected chi connectivity index (χ3v) is 4.54. The van der Waals surface area contributed by atoms with Crippen LogP contribution in [0, 0.1) is 19.8 Å². The van der Waals surface area contributed by atoms with Gasteiger partial charge in [-0.15, -0.1) is 11.3 Å². The Morgan fingerprint density at radius 3 is 2.65 bits per heavy atom. The monoisotopic (exact) mass is 295 g/mol. The predicted molar refractivity (Wildman–Crippen MR) is 78.4 cm³/mol. The van der Waals surface area contributed by atoms with Crippen molar-refractivity contribution in [3.63, 3.8) is 0 Å². The zero-order chi connectivity index (χ0) is 14.9. The van der Waals surface area contributed by atoms with Crippen molar-refractivity contribution in [2.45, 2.75) is 46.7 Å². The molecule has 2 heterocycles. The van der Waals surface area contributed by atoms with Crippen molar-refractivity contribution in [1.82, 2.24) is 15.2 Å². The molecular weight excluding hydrogens is 274 g/mol. The van der Waals surface area contributed by atoms with Crippen molar-refractivity contribution in [2.24, 2.45) is 5.92 Å². The first-order chi connectivity index (χ1) is 9.38. The van der Waals surface area contributed by atoms with E-state index < -0.39 is 0 Å². The second kappa shape index (κ2) is 5.91. The largest absolute Gasteiger partial charge is 0.345 e. The first-order valence-corrected chi connectivity index (χ1v) is 7.70. The van der Waals surface area contributed by atoms with E-state index in [4.69, 9.17) is 0 Å². The van der Waals surface area contributed by atoms with Crippen molar-refractivity contribution in [3.8, 4) is 0 Å². The fourth-order valence-electron chi connectivity index (χ4n) is 2.33. The number of aryl methyl sites for hydroxylation is 2. The van der Waals surface area contributed by atoms with E-state index in [-0.39, 0.29) is 24.4 Å². The van der Waals surface area contributed by atoms with Gasteiger partial charge in [0.2, 0.25) is 11.8 Å². The molecule has 2 amide bonds. The molecule has 1 N–H and O–H groups in total. The van der Waals surface area contributed by atoms with Gasteiger partial charge in [0.15, 0.2) is 0 Å². The fourth-order valence-corrected chi connectivity index (χ4v) is 3.26. The molecule has 1 aromatic rings. The normalized spacial score (nSPS) is 19.6. The van der Waals surface area contributed by atoms with Crippen LogP contribution in [0.5, 0.6) is 0 Å². The smallest absolute Gasteiger partial charge is 0.243 e. The lowest BCUT2D eigenvalue weighted by atomic mass is 10.00. The Morgan fingerprint density at radius 1 is 1.40 bits per heavy atom. The lowest BCUT2D eigenvalue weighted by molar-refractivity contribution is -0.146. The highest BCUT2D eigenvalue weighted by Gasteiger charge is 2.35. The van der Waals surface area contributed by atoms with E-state index in [9.17, 15) is 9.59 Å². The summed E-state index contributed by atoms with van der Waals surface area (Å²) in [6.07, 6.45) is 0.681. The Kier molecular flexibility index (Phi) is 4.42. The molecule has 1 aromatic heterocycles. The summed E-state index contributed by atoms with van der Waals surface area (Å²) in [7, 11) is 0. The molecule has 0 saturated carbocycles. The minimum Gasteiger partial charge on any atom is -0.345 e. The van der Waals surface area contributed by atoms with Gasteiger partial charge in [0.1, 0.15) is 11.0 Å². The van der Waals surface area contributed by atoms with Crippen molar-refractivity contribution in [3.05, 3.63) is 15.6 Å². The number of nitrogens with zero attached hydrogens (tertiary/aromatic N) is 2. The van der Waals surface area contributed by atoms with E-state index >= 15 is 0 Å². The van der Waals surface area contributed by atoms with Gasteiger partial charge in [-0.2, -0.15) is 0 Å². The average Bonchev–Trinajstić information content (AvgIpc) is 2.67. The van der Waals surface area contributed by atoms with Crippen molar-refractivity contribution >= 4 is 23.2 Å². The maximum Gasteiger partial charge on any atom is 0.243 e. The standard InChI is InChI=1S/C14H21N3O2S/c1-8(2)5-11-14(19)15-6-13(18)17(11)7-12-16-9(3)10(4)20-12/h8,11H,5-7H2,1-4H3,(H,15,19). The van der Waals surface area contributed by atoms with Crippen LogP contribution in [0.3, 0.4) is 0 Å². The molecule has 1 atom stereocenters.